The zero-order valence-electron chi connectivity index (χ0n) is 44.2. The van der Waals surface area contributed by atoms with Gasteiger partial charge < -0.3 is 20.1 Å². The summed E-state index contributed by atoms with van der Waals surface area (Å²) in [6.45, 7) is 3.58. The zero-order chi connectivity index (χ0) is 51.0. The van der Waals surface area contributed by atoms with Gasteiger partial charge in [0, 0.05) is 19.4 Å². The summed E-state index contributed by atoms with van der Waals surface area (Å²) >= 11 is 0. The normalized spacial score (nSPS) is 14.1. The van der Waals surface area contributed by atoms with E-state index in [4.69, 9.17) is 24.3 Å². The maximum Gasteiger partial charge on any atom is 0.472 e. The Kier molecular flexibility index (Phi) is 51.9. The molecule has 0 bridgehead atoms. The largest absolute Gasteiger partial charge is 0.472 e. The lowest BCUT2D eigenvalue weighted by atomic mass is 10.0. The van der Waals surface area contributed by atoms with Gasteiger partial charge in [-0.1, -0.05) is 232 Å². The Hall–Kier alpha value is -3.59. The van der Waals surface area contributed by atoms with Gasteiger partial charge in [0.2, 0.25) is 0 Å². The van der Waals surface area contributed by atoms with Crippen molar-refractivity contribution in [3.05, 3.63) is 122 Å². The highest BCUT2D eigenvalue weighted by Gasteiger charge is 2.26. The lowest BCUT2D eigenvalue weighted by Gasteiger charge is -2.19. The average molecular weight is 994 g/mol. The first kappa shape index (κ1) is 66.4. The van der Waals surface area contributed by atoms with Gasteiger partial charge in [0.15, 0.2) is 6.10 Å². The highest BCUT2D eigenvalue weighted by molar-refractivity contribution is 7.47. The van der Waals surface area contributed by atoms with Crippen molar-refractivity contribution in [2.45, 2.75) is 219 Å². The average Bonchev–Trinajstić information content (AvgIpc) is 3.35. The molecule has 0 saturated carbocycles. The summed E-state index contributed by atoms with van der Waals surface area (Å²) in [5, 5.41) is 0. The lowest BCUT2D eigenvalue weighted by Crippen LogP contribution is -2.29. The molecule has 0 rings (SSSR count). The molecule has 0 heterocycles. The van der Waals surface area contributed by atoms with Crippen molar-refractivity contribution in [1.29, 1.82) is 0 Å². The summed E-state index contributed by atoms with van der Waals surface area (Å²) in [7, 11) is -4.40. The van der Waals surface area contributed by atoms with Crippen molar-refractivity contribution in [1.82, 2.24) is 0 Å². The van der Waals surface area contributed by atoms with Gasteiger partial charge in [0.1, 0.15) is 6.61 Å². The molecule has 0 aromatic rings. The van der Waals surface area contributed by atoms with Crippen LogP contribution >= 0.6 is 7.82 Å². The van der Waals surface area contributed by atoms with Gasteiger partial charge in [0.05, 0.1) is 13.2 Å². The minimum absolute atomic E-state index is 0.0437. The lowest BCUT2D eigenvalue weighted by molar-refractivity contribution is -0.161. The van der Waals surface area contributed by atoms with Crippen molar-refractivity contribution in [2.24, 2.45) is 5.73 Å². The van der Waals surface area contributed by atoms with Crippen LogP contribution in [0.5, 0.6) is 0 Å². The van der Waals surface area contributed by atoms with Crippen LogP contribution in [0, 0.1) is 0 Å². The molecule has 398 valence electrons. The summed E-state index contributed by atoms with van der Waals surface area (Å²) in [5.74, 6) is -0.862. The van der Waals surface area contributed by atoms with Crippen LogP contribution in [0.3, 0.4) is 0 Å². The predicted octanol–water partition coefficient (Wildman–Crippen LogP) is 17.2. The van der Waals surface area contributed by atoms with Crippen LogP contribution in [0.1, 0.15) is 213 Å². The fourth-order valence-corrected chi connectivity index (χ4v) is 7.84. The summed E-state index contributed by atoms with van der Waals surface area (Å²) in [5.41, 5.74) is 5.37. The second kappa shape index (κ2) is 54.7. The smallest absolute Gasteiger partial charge is 0.462 e. The van der Waals surface area contributed by atoms with E-state index in [0.717, 1.165) is 109 Å². The van der Waals surface area contributed by atoms with Crippen molar-refractivity contribution >= 4 is 19.8 Å². The molecule has 0 aliphatic heterocycles. The standard InChI is InChI=1S/C60H100NO8P/c1-3-5-7-9-11-13-15-17-19-20-21-22-23-24-25-26-27-28-29-30-31-32-33-34-35-36-37-38-39-41-43-45-47-49-51-53-60(63)69-58(57-68-70(64,65)67-55-54-61)56-66-59(62)52-50-48-46-44-42-40-18-16-14-12-10-8-6-4-2/h5,7,11,13,17,19,21-22,24-25,27-28,30-31,33-34,36-37,39,41,58H,3-4,6,8-10,12,14-16,18,20,23,26,29,32,35,38,40,42-57,61H2,1-2H3,(H,64,65)/b7-5-,13-11-,19-17-,22-21-,25-24-,28-27-,31-30-,34-33-,37-36-,41-39-. The molecular formula is C60H100NO8P. The highest BCUT2D eigenvalue weighted by Crippen LogP contribution is 2.43. The van der Waals surface area contributed by atoms with E-state index in [2.05, 4.69) is 135 Å². The molecular weight excluding hydrogens is 894 g/mol. The highest BCUT2D eigenvalue weighted by atomic mass is 31.2. The summed E-state index contributed by atoms with van der Waals surface area (Å²) in [6, 6.07) is 0. The third kappa shape index (κ3) is 53.8. The molecule has 0 spiro atoms. The summed E-state index contributed by atoms with van der Waals surface area (Å²) < 4.78 is 32.9. The number of rotatable bonds is 50. The topological polar surface area (TPSA) is 134 Å². The van der Waals surface area contributed by atoms with Gasteiger partial charge in [-0.2, -0.15) is 0 Å². The number of nitrogens with two attached hydrogens (primary N) is 1. The maximum atomic E-state index is 12.7. The summed E-state index contributed by atoms with van der Waals surface area (Å²) in [4.78, 5) is 35.0. The van der Waals surface area contributed by atoms with Crippen LogP contribution in [0.15, 0.2) is 122 Å². The minimum Gasteiger partial charge on any atom is -0.462 e. The molecule has 3 N–H and O–H groups in total. The van der Waals surface area contributed by atoms with E-state index in [1.54, 1.807) is 0 Å². The van der Waals surface area contributed by atoms with Crippen molar-refractivity contribution < 1.29 is 37.6 Å². The molecule has 2 unspecified atom stereocenters. The van der Waals surface area contributed by atoms with Gasteiger partial charge in [0.25, 0.3) is 0 Å². The third-order valence-electron chi connectivity index (χ3n) is 11.1. The second-order valence-electron chi connectivity index (χ2n) is 17.7. The van der Waals surface area contributed by atoms with Gasteiger partial charge in [-0.05, 0) is 89.9 Å². The molecule has 0 amide bonds. The molecule has 0 saturated heterocycles. The van der Waals surface area contributed by atoms with E-state index in [-0.39, 0.29) is 32.6 Å². The monoisotopic (exact) mass is 994 g/mol. The maximum absolute atomic E-state index is 12.7. The molecule has 0 aliphatic carbocycles. The fourth-order valence-electron chi connectivity index (χ4n) is 7.07. The quantitative estimate of drug-likeness (QED) is 0.0264. The van der Waals surface area contributed by atoms with Crippen LogP contribution in [0.25, 0.3) is 0 Å². The van der Waals surface area contributed by atoms with Gasteiger partial charge >= 0.3 is 19.8 Å². The number of allylic oxidation sites excluding steroid dienone is 20. The van der Waals surface area contributed by atoms with Crippen molar-refractivity contribution in [3.8, 4) is 0 Å². The molecule has 70 heavy (non-hydrogen) atoms. The number of carbonyl (C=O) groups excluding carboxylic acids is 2. The number of esters is 2. The van der Waals surface area contributed by atoms with Crippen LogP contribution < -0.4 is 5.73 Å². The van der Waals surface area contributed by atoms with Gasteiger partial charge in [-0.15, -0.1) is 0 Å². The van der Waals surface area contributed by atoms with Gasteiger partial charge in [-0.3, -0.25) is 18.6 Å². The second-order valence-corrected chi connectivity index (χ2v) is 19.2. The van der Waals surface area contributed by atoms with E-state index in [1.807, 2.05) is 0 Å². The first-order valence-electron chi connectivity index (χ1n) is 27.5. The van der Waals surface area contributed by atoms with Crippen LogP contribution in [0.4, 0.5) is 0 Å². The van der Waals surface area contributed by atoms with Crippen LogP contribution in [-0.4, -0.2) is 49.3 Å². The Morgan fingerprint density at radius 3 is 1.17 bits per heavy atom. The SMILES string of the molecule is CC/C=C\C/C=C\C/C=C\C/C=C\C/C=C\C/C=C\C/C=C\C/C=C\C/C=C\C/C=C\CCCCCCC(=O)OC(COC(=O)CCCCCCCCCCCCCCCC)COP(=O)(O)OCCN. The molecule has 10 heteroatoms. The Bertz CT molecular complexity index is 1550. The molecule has 0 fully saturated rings. The number of phosphoric ester groups is 1. The first-order valence-corrected chi connectivity index (χ1v) is 29.0. The zero-order valence-corrected chi connectivity index (χ0v) is 45.1. The molecule has 9 nitrogen and oxygen atoms in total. The van der Waals surface area contributed by atoms with Crippen LogP contribution in [0.2, 0.25) is 0 Å². The van der Waals surface area contributed by atoms with Crippen molar-refractivity contribution in [2.75, 3.05) is 26.4 Å². The van der Waals surface area contributed by atoms with E-state index < -0.39 is 32.5 Å². The Labute approximate surface area is 428 Å². The number of hydrogen-bond acceptors (Lipinski definition) is 8. The van der Waals surface area contributed by atoms with E-state index in [9.17, 15) is 19.0 Å². The number of carbonyl (C=O) groups is 2. The van der Waals surface area contributed by atoms with E-state index >= 15 is 0 Å². The number of ether oxygens (including phenoxy) is 2. The number of phosphoric acid groups is 1. The number of unbranched alkanes of at least 4 members (excludes halogenated alkanes) is 17. The molecule has 0 radical (unpaired) electrons. The molecule has 0 aromatic carbocycles. The van der Waals surface area contributed by atoms with Crippen LogP contribution in [-0.2, 0) is 32.7 Å². The Balaban J connectivity index is 4.09. The Morgan fingerprint density at radius 2 is 0.786 bits per heavy atom. The predicted molar refractivity (Wildman–Crippen MR) is 297 cm³/mol. The molecule has 2 atom stereocenters. The first-order chi connectivity index (χ1) is 34.3. The van der Waals surface area contributed by atoms with E-state index in [0.29, 0.717) is 6.42 Å². The fraction of sp³-hybridized carbons (Fsp3) is 0.633. The van der Waals surface area contributed by atoms with Crippen molar-refractivity contribution in [3.63, 3.8) is 0 Å². The summed E-state index contributed by atoms with van der Waals surface area (Å²) in [6.07, 6.45) is 75.3. The minimum atomic E-state index is -4.40. The van der Waals surface area contributed by atoms with Gasteiger partial charge in [-0.25, -0.2) is 4.57 Å². The third-order valence-corrected chi connectivity index (χ3v) is 12.1. The molecule has 0 aliphatic rings. The Morgan fingerprint density at radius 1 is 0.443 bits per heavy atom. The van der Waals surface area contributed by atoms with E-state index in [1.165, 1.54) is 70.6 Å². The molecule has 0 aromatic heterocycles. The number of hydrogen-bond donors (Lipinski definition) is 2.